The van der Waals surface area contributed by atoms with E-state index in [0.29, 0.717) is 17.4 Å². The summed E-state index contributed by atoms with van der Waals surface area (Å²) in [6.45, 7) is 5.65. The summed E-state index contributed by atoms with van der Waals surface area (Å²) in [7, 11) is 1.75. The van der Waals surface area contributed by atoms with Crippen LogP contribution in [-0.2, 0) is 11.8 Å². The second-order valence-corrected chi connectivity index (χ2v) is 7.05. The number of benzene rings is 1. The molecule has 2 heterocycles. The summed E-state index contributed by atoms with van der Waals surface area (Å²) in [4.78, 5) is 28.9. The maximum absolute atomic E-state index is 12.3. The van der Waals surface area contributed by atoms with Crippen LogP contribution in [0.2, 0.25) is 0 Å². The summed E-state index contributed by atoms with van der Waals surface area (Å²) in [5.74, 6) is 0.862. The average molecular weight is 370 g/mol. The minimum absolute atomic E-state index is 0.124. The number of piperidine rings is 1. The molecule has 1 aliphatic rings. The van der Waals surface area contributed by atoms with Gasteiger partial charge in [0, 0.05) is 18.5 Å². The van der Waals surface area contributed by atoms with Gasteiger partial charge >= 0.3 is 0 Å². The summed E-state index contributed by atoms with van der Waals surface area (Å²) < 4.78 is 1.57. The summed E-state index contributed by atoms with van der Waals surface area (Å²) in [6, 6.07) is 5.60. The third-order valence-electron chi connectivity index (χ3n) is 4.63. The third-order valence-corrected chi connectivity index (χ3v) is 4.63. The number of rotatable bonds is 5. The number of carbonyl (C=O) groups is 2. The first-order valence-corrected chi connectivity index (χ1v) is 9.20. The van der Waals surface area contributed by atoms with E-state index in [9.17, 15) is 9.59 Å². The molecule has 3 N–H and O–H groups in total. The molecule has 1 aromatic carbocycles. The van der Waals surface area contributed by atoms with Gasteiger partial charge in [-0.1, -0.05) is 17.2 Å². The van der Waals surface area contributed by atoms with Crippen molar-refractivity contribution in [3.63, 3.8) is 0 Å². The Balaban J connectivity index is 1.56. The van der Waals surface area contributed by atoms with Gasteiger partial charge in [0.2, 0.25) is 11.9 Å². The Kier molecular flexibility index (Phi) is 5.85. The highest BCUT2D eigenvalue weighted by Gasteiger charge is 2.21. The van der Waals surface area contributed by atoms with E-state index in [1.807, 2.05) is 19.9 Å². The van der Waals surface area contributed by atoms with Gasteiger partial charge in [-0.25, -0.2) is 4.68 Å². The highest BCUT2D eigenvalue weighted by Crippen LogP contribution is 2.23. The normalized spacial score (nSPS) is 14.8. The van der Waals surface area contributed by atoms with Gasteiger partial charge < -0.3 is 10.6 Å². The van der Waals surface area contributed by atoms with Crippen LogP contribution in [0, 0.1) is 13.8 Å². The molecule has 1 saturated heterocycles. The van der Waals surface area contributed by atoms with Crippen molar-refractivity contribution in [3.8, 4) is 0 Å². The van der Waals surface area contributed by atoms with E-state index >= 15 is 0 Å². The number of amides is 2. The molecule has 144 valence electrons. The molecule has 8 nitrogen and oxygen atoms in total. The molecule has 8 heteroatoms. The van der Waals surface area contributed by atoms with Crippen molar-refractivity contribution in [2.75, 3.05) is 25.0 Å². The van der Waals surface area contributed by atoms with E-state index < -0.39 is 0 Å². The maximum atomic E-state index is 12.3. The Hall–Kier alpha value is -2.74. The van der Waals surface area contributed by atoms with Gasteiger partial charge in [0.15, 0.2) is 5.82 Å². The minimum atomic E-state index is -0.333. The number of aryl methyl sites for hydroxylation is 3. The molecule has 0 spiro atoms. The Morgan fingerprint density at radius 3 is 2.52 bits per heavy atom. The lowest BCUT2D eigenvalue weighted by molar-refractivity contribution is -0.115. The zero-order valence-corrected chi connectivity index (χ0v) is 16.0. The zero-order valence-electron chi connectivity index (χ0n) is 16.0. The first-order chi connectivity index (χ1) is 12.9. The van der Waals surface area contributed by atoms with Crippen LogP contribution in [0.15, 0.2) is 18.2 Å². The SMILES string of the molecule is Cc1cc(C)cc(C(=O)NCC(=O)Nc2nc(C3CCNCC3)nn2C)c1. The van der Waals surface area contributed by atoms with Gasteiger partial charge in [0.1, 0.15) is 0 Å². The molecule has 1 aliphatic heterocycles. The van der Waals surface area contributed by atoms with Gasteiger partial charge in [0.05, 0.1) is 6.54 Å². The molecule has 1 aromatic heterocycles. The Morgan fingerprint density at radius 1 is 1.19 bits per heavy atom. The zero-order chi connectivity index (χ0) is 19.4. The van der Waals surface area contributed by atoms with Crippen LogP contribution in [0.3, 0.4) is 0 Å². The Morgan fingerprint density at radius 2 is 1.85 bits per heavy atom. The third kappa shape index (κ3) is 4.91. The van der Waals surface area contributed by atoms with Gasteiger partial charge in [-0.3, -0.25) is 14.9 Å². The van der Waals surface area contributed by atoms with Crippen LogP contribution >= 0.6 is 0 Å². The molecule has 0 unspecified atom stereocenters. The molecule has 0 saturated carbocycles. The Bertz CT molecular complexity index is 818. The predicted octanol–water partition coefficient (Wildman–Crippen LogP) is 1.27. The van der Waals surface area contributed by atoms with Crippen molar-refractivity contribution in [3.05, 3.63) is 40.7 Å². The number of nitrogens with one attached hydrogen (secondary N) is 3. The molecule has 1 fully saturated rings. The summed E-state index contributed by atoms with van der Waals surface area (Å²) in [5.41, 5.74) is 2.57. The van der Waals surface area contributed by atoms with Crippen LogP contribution in [0.1, 0.15) is 46.1 Å². The molecule has 2 amide bonds. The fourth-order valence-electron chi connectivity index (χ4n) is 3.30. The lowest BCUT2D eigenvalue weighted by Crippen LogP contribution is -2.33. The first-order valence-electron chi connectivity index (χ1n) is 9.20. The number of hydrogen-bond acceptors (Lipinski definition) is 5. The predicted molar refractivity (Wildman–Crippen MR) is 103 cm³/mol. The molecule has 0 bridgehead atoms. The van der Waals surface area contributed by atoms with E-state index in [1.165, 1.54) is 0 Å². The topological polar surface area (TPSA) is 101 Å². The van der Waals surface area contributed by atoms with Crippen LogP contribution in [0.5, 0.6) is 0 Å². The average Bonchev–Trinajstić information content (AvgIpc) is 3.00. The second kappa shape index (κ2) is 8.30. The summed E-state index contributed by atoms with van der Waals surface area (Å²) in [6.07, 6.45) is 1.98. The maximum Gasteiger partial charge on any atom is 0.251 e. The molecule has 3 rings (SSSR count). The molecule has 27 heavy (non-hydrogen) atoms. The first kappa shape index (κ1) is 19.0. The monoisotopic (exact) mass is 370 g/mol. The number of anilines is 1. The van der Waals surface area contributed by atoms with E-state index in [1.54, 1.807) is 23.9 Å². The lowest BCUT2D eigenvalue weighted by Gasteiger charge is -2.19. The highest BCUT2D eigenvalue weighted by atomic mass is 16.2. The van der Waals surface area contributed by atoms with Gasteiger partial charge in [-0.2, -0.15) is 10.1 Å². The quantitative estimate of drug-likeness (QED) is 0.736. The van der Waals surface area contributed by atoms with Gasteiger partial charge in [-0.15, -0.1) is 0 Å². The van der Waals surface area contributed by atoms with Crippen molar-refractivity contribution < 1.29 is 9.59 Å². The second-order valence-electron chi connectivity index (χ2n) is 7.05. The van der Waals surface area contributed by atoms with E-state index in [4.69, 9.17) is 0 Å². The van der Waals surface area contributed by atoms with Crippen molar-refractivity contribution in [2.24, 2.45) is 7.05 Å². The van der Waals surface area contributed by atoms with E-state index in [-0.39, 0.29) is 18.4 Å². The number of hydrogen-bond donors (Lipinski definition) is 3. The van der Waals surface area contributed by atoms with Crippen molar-refractivity contribution >= 4 is 17.8 Å². The largest absolute Gasteiger partial charge is 0.343 e. The molecule has 0 atom stereocenters. The van der Waals surface area contributed by atoms with Crippen molar-refractivity contribution in [2.45, 2.75) is 32.6 Å². The van der Waals surface area contributed by atoms with E-state index in [0.717, 1.165) is 42.9 Å². The van der Waals surface area contributed by atoms with Crippen LogP contribution in [-0.4, -0.2) is 46.2 Å². The summed E-state index contributed by atoms with van der Waals surface area (Å²) >= 11 is 0. The fraction of sp³-hybridized carbons (Fsp3) is 0.474. The van der Waals surface area contributed by atoms with Gasteiger partial charge in [-0.05, 0) is 51.9 Å². The lowest BCUT2D eigenvalue weighted by atomic mass is 9.98. The van der Waals surface area contributed by atoms with Crippen LogP contribution in [0.25, 0.3) is 0 Å². The summed E-state index contributed by atoms with van der Waals surface area (Å²) in [5, 5.41) is 13.1. The standard InChI is InChI=1S/C19H26N6O2/c1-12-8-13(2)10-15(9-12)18(27)21-11-16(26)22-19-23-17(24-25(19)3)14-4-6-20-7-5-14/h8-10,14,20H,4-7,11H2,1-3H3,(H,21,27)(H,22,23,24,26). The van der Waals surface area contributed by atoms with Crippen LogP contribution in [0.4, 0.5) is 5.95 Å². The smallest absolute Gasteiger partial charge is 0.251 e. The number of nitrogens with zero attached hydrogens (tertiary/aromatic N) is 3. The van der Waals surface area contributed by atoms with Crippen molar-refractivity contribution in [1.82, 2.24) is 25.4 Å². The molecular weight excluding hydrogens is 344 g/mol. The molecular formula is C19H26N6O2. The minimum Gasteiger partial charge on any atom is -0.343 e. The van der Waals surface area contributed by atoms with Gasteiger partial charge in [0.25, 0.3) is 5.91 Å². The molecule has 0 radical (unpaired) electrons. The molecule has 2 aromatic rings. The fourth-order valence-corrected chi connectivity index (χ4v) is 3.30. The molecule has 0 aliphatic carbocycles. The van der Waals surface area contributed by atoms with Crippen LogP contribution < -0.4 is 16.0 Å². The van der Waals surface area contributed by atoms with Crippen molar-refractivity contribution in [1.29, 1.82) is 0 Å². The number of aromatic nitrogens is 3. The number of carbonyl (C=O) groups excluding carboxylic acids is 2. The van der Waals surface area contributed by atoms with E-state index in [2.05, 4.69) is 26.0 Å². The highest BCUT2D eigenvalue weighted by molar-refractivity contribution is 5.99. The Labute approximate surface area is 158 Å².